The van der Waals surface area contributed by atoms with Crippen LogP contribution in [0.3, 0.4) is 0 Å². The first-order valence-corrected chi connectivity index (χ1v) is 13.4. The highest BCUT2D eigenvalue weighted by Crippen LogP contribution is 2.33. The van der Waals surface area contributed by atoms with Crippen molar-refractivity contribution < 1.29 is 9.53 Å². The second-order valence-electron chi connectivity index (χ2n) is 8.26. The summed E-state index contributed by atoms with van der Waals surface area (Å²) in [6.45, 7) is 0.683. The Morgan fingerprint density at radius 2 is 1.54 bits per heavy atom. The molecule has 37 heavy (non-hydrogen) atoms. The van der Waals surface area contributed by atoms with Crippen molar-refractivity contribution in [3.05, 3.63) is 109 Å². The highest BCUT2D eigenvalue weighted by Gasteiger charge is 2.30. The Hall–Kier alpha value is -1.83. The van der Waals surface area contributed by atoms with Crippen LogP contribution >= 0.6 is 69.6 Å². The van der Waals surface area contributed by atoms with E-state index in [1.54, 1.807) is 48.7 Å². The lowest BCUT2D eigenvalue weighted by molar-refractivity contribution is -0.117. The van der Waals surface area contributed by atoms with Crippen LogP contribution in [-0.4, -0.2) is 34.4 Å². The Bertz CT molecular complexity index is 1290. The average Bonchev–Trinajstić information content (AvgIpc) is 3.32. The SMILES string of the molecule is O=C(CN1C=CN(C(Cl)C(OCc2ccc(Cl)cc2Cl)c2ccc(Cl)cc2)C1)Nc1cc(Cl)ccc1Cl. The number of carbonyl (C=O) groups is 1. The molecule has 0 fully saturated rings. The summed E-state index contributed by atoms with van der Waals surface area (Å²) in [5.74, 6) is -0.246. The maximum absolute atomic E-state index is 12.6. The maximum Gasteiger partial charge on any atom is 0.243 e. The minimum absolute atomic E-state index is 0.0896. The largest absolute Gasteiger partial charge is 0.365 e. The van der Waals surface area contributed by atoms with Crippen LogP contribution in [-0.2, 0) is 16.1 Å². The molecule has 194 valence electrons. The van der Waals surface area contributed by atoms with Gasteiger partial charge in [0, 0.05) is 32.5 Å². The van der Waals surface area contributed by atoms with E-state index in [1.807, 2.05) is 34.2 Å². The Kier molecular flexibility index (Phi) is 9.76. The van der Waals surface area contributed by atoms with Crippen LogP contribution in [0.25, 0.3) is 0 Å². The Morgan fingerprint density at radius 1 is 0.865 bits per heavy atom. The molecule has 0 bridgehead atoms. The number of benzene rings is 3. The number of rotatable bonds is 9. The first kappa shape index (κ1) is 28.2. The van der Waals surface area contributed by atoms with E-state index in [-0.39, 0.29) is 19.1 Å². The van der Waals surface area contributed by atoms with Crippen LogP contribution < -0.4 is 5.32 Å². The third kappa shape index (κ3) is 7.61. The number of hydrogen-bond acceptors (Lipinski definition) is 4. The van der Waals surface area contributed by atoms with Crippen LogP contribution in [0.2, 0.25) is 25.1 Å². The van der Waals surface area contributed by atoms with E-state index in [0.29, 0.717) is 37.5 Å². The van der Waals surface area contributed by atoms with Crippen molar-refractivity contribution in [3.63, 3.8) is 0 Å². The molecule has 0 aliphatic carbocycles. The van der Waals surface area contributed by atoms with E-state index in [1.165, 1.54) is 0 Å². The van der Waals surface area contributed by atoms with Gasteiger partial charge in [-0.3, -0.25) is 4.79 Å². The van der Waals surface area contributed by atoms with Gasteiger partial charge >= 0.3 is 0 Å². The highest BCUT2D eigenvalue weighted by molar-refractivity contribution is 6.36. The van der Waals surface area contributed by atoms with E-state index < -0.39 is 11.6 Å². The number of anilines is 1. The fourth-order valence-electron chi connectivity index (χ4n) is 3.69. The van der Waals surface area contributed by atoms with Crippen molar-refractivity contribution in [3.8, 4) is 0 Å². The van der Waals surface area contributed by atoms with Crippen LogP contribution in [0.4, 0.5) is 5.69 Å². The quantitative estimate of drug-likeness (QED) is 0.193. The molecule has 11 heteroatoms. The van der Waals surface area contributed by atoms with Gasteiger partial charge in [-0.25, -0.2) is 0 Å². The average molecular weight is 620 g/mol. The molecule has 5 nitrogen and oxygen atoms in total. The third-order valence-electron chi connectivity index (χ3n) is 5.56. The fraction of sp³-hybridized carbons (Fsp3) is 0.192. The molecule has 2 atom stereocenters. The van der Waals surface area contributed by atoms with Gasteiger partial charge in [-0.2, -0.15) is 0 Å². The minimum Gasteiger partial charge on any atom is -0.365 e. The molecule has 0 saturated heterocycles. The van der Waals surface area contributed by atoms with Gasteiger partial charge in [0.2, 0.25) is 5.91 Å². The molecular weight excluding hydrogens is 599 g/mol. The summed E-state index contributed by atoms with van der Waals surface area (Å²) in [6.07, 6.45) is 3.08. The number of nitrogens with zero attached hydrogens (tertiary/aromatic N) is 2. The first-order valence-electron chi connectivity index (χ1n) is 11.1. The number of ether oxygens (including phenoxy) is 1. The third-order valence-corrected chi connectivity index (χ3v) is 7.44. The highest BCUT2D eigenvalue weighted by atomic mass is 35.5. The van der Waals surface area contributed by atoms with Crippen molar-refractivity contribution in [1.82, 2.24) is 9.80 Å². The Balaban J connectivity index is 1.42. The molecule has 3 aromatic carbocycles. The number of amides is 1. The molecule has 0 aromatic heterocycles. The predicted octanol–water partition coefficient (Wildman–Crippen LogP) is 8.46. The summed E-state index contributed by atoms with van der Waals surface area (Å²) in [5.41, 5.74) is 1.48. The lowest BCUT2D eigenvalue weighted by atomic mass is 10.1. The zero-order chi connectivity index (χ0) is 26.5. The molecule has 0 radical (unpaired) electrons. The van der Waals surface area contributed by atoms with Gasteiger partial charge < -0.3 is 19.9 Å². The van der Waals surface area contributed by atoms with E-state index in [0.717, 1.165) is 11.1 Å². The zero-order valence-electron chi connectivity index (χ0n) is 19.2. The lowest BCUT2D eigenvalue weighted by Crippen LogP contribution is -2.38. The molecule has 0 spiro atoms. The number of carbonyl (C=O) groups excluding carboxylic acids is 1. The molecular formula is C26H21Cl6N3O2. The van der Waals surface area contributed by atoms with Gasteiger partial charge in [-0.05, 0) is 53.6 Å². The van der Waals surface area contributed by atoms with Gasteiger partial charge in [-0.1, -0.05) is 87.8 Å². The van der Waals surface area contributed by atoms with Gasteiger partial charge in [0.1, 0.15) is 11.6 Å². The van der Waals surface area contributed by atoms with Crippen LogP contribution in [0.15, 0.2) is 73.1 Å². The summed E-state index contributed by atoms with van der Waals surface area (Å²) in [4.78, 5) is 16.3. The van der Waals surface area contributed by atoms with E-state index >= 15 is 0 Å². The second kappa shape index (κ2) is 12.8. The lowest BCUT2D eigenvalue weighted by Gasteiger charge is -2.31. The Morgan fingerprint density at radius 3 is 2.27 bits per heavy atom. The van der Waals surface area contributed by atoms with Crippen molar-refractivity contribution in [2.45, 2.75) is 18.2 Å². The minimum atomic E-state index is -0.598. The van der Waals surface area contributed by atoms with E-state index in [9.17, 15) is 4.79 Å². The van der Waals surface area contributed by atoms with Crippen molar-refractivity contribution in [2.75, 3.05) is 18.5 Å². The van der Waals surface area contributed by atoms with Crippen LogP contribution in [0.1, 0.15) is 17.2 Å². The summed E-state index contributed by atoms with van der Waals surface area (Å²) in [7, 11) is 0. The molecule has 1 heterocycles. The van der Waals surface area contributed by atoms with Crippen molar-refractivity contribution in [1.29, 1.82) is 0 Å². The van der Waals surface area contributed by atoms with Gasteiger partial charge in [0.15, 0.2) is 0 Å². The normalized spacial score (nSPS) is 14.6. The maximum atomic E-state index is 12.6. The zero-order valence-corrected chi connectivity index (χ0v) is 23.7. The standard InChI is InChI=1S/C26H21Cl6N3O2/c27-18-4-1-16(2-5-18)25(37-14-17-3-6-19(28)11-22(17)31)26(32)35-10-9-34(15-35)13-24(36)33-23-12-20(29)7-8-21(23)30/h1-12,25-26H,13-15H2,(H,33,36). The molecule has 1 N–H and O–H groups in total. The van der Waals surface area contributed by atoms with Gasteiger partial charge in [0.25, 0.3) is 0 Å². The molecule has 2 unspecified atom stereocenters. The van der Waals surface area contributed by atoms with E-state index in [2.05, 4.69) is 5.32 Å². The number of alkyl halides is 1. The first-order chi connectivity index (χ1) is 17.7. The summed E-state index contributed by atoms with van der Waals surface area (Å²) in [6, 6.07) is 17.4. The number of hydrogen-bond donors (Lipinski definition) is 1. The predicted molar refractivity (Wildman–Crippen MR) is 153 cm³/mol. The molecule has 1 amide bonds. The topological polar surface area (TPSA) is 44.8 Å². The molecule has 4 rings (SSSR count). The fourth-order valence-corrected chi connectivity index (χ4v) is 4.96. The van der Waals surface area contributed by atoms with Gasteiger partial charge in [0.05, 0.1) is 30.5 Å². The summed E-state index contributed by atoms with van der Waals surface area (Å²) < 4.78 is 6.27. The van der Waals surface area contributed by atoms with E-state index in [4.69, 9.17) is 74.3 Å². The summed E-state index contributed by atoms with van der Waals surface area (Å²) >= 11 is 37.5. The van der Waals surface area contributed by atoms with Crippen LogP contribution in [0, 0.1) is 0 Å². The smallest absolute Gasteiger partial charge is 0.243 e. The van der Waals surface area contributed by atoms with Crippen molar-refractivity contribution in [2.24, 2.45) is 0 Å². The van der Waals surface area contributed by atoms with Crippen molar-refractivity contribution >= 4 is 81.2 Å². The molecule has 1 aliphatic heterocycles. The molecule has 0 saturated carbocycles. The number of nitrogens with one attached hydrogen (secondary N) is 1. The monoisotopic (exact) mass is 617 g/mol. The summed E-state index contributed by atoms with van der Waals surface area (Å²) in [5, 5.41) is 5.32. The molecule has 3 aromatic rings. The van der Waals surface area contributed by atoms with Gasteiger partial charge in [-0.15, -0.1) is 0 Å². The van der Waals surface area contributed by atoms with Crippen LogP contribution in [0.5, 0.6) is 0 Å². The molecule has 1 aliphatic rings. The Labute approximate surface area is 245 Å². The second-order valence-corrected chi connectivity index (χ2v) is 10.8. The number of halogens is 6.